The lowest BCUT2D eigenvalue weighted by molar-refractivity contribution is 0.145. The number of benzene rings is 1. The summed E-state index contributed by atoms with van der Waals surface area (Å²) in [4.78, 5) is 12.1. The minimum atomic E-state index is -0.909. The number of carboxylic acid groups (broad SMARTS) is 1. The number of carbonyl (C=O) groups is 1. The van der Waals surface area contributed by atoms with Gasteiger partial charge in [-0.3, -0.25) is 4.90 Å². The highest BCUT2D eigenvalue weighted by atomic mass is 79.9. The topological polar surface area (TPSA) is 60.8 Å². The van der Waals surface area contributed by atoms with Crippen molar-refractivity contribution >= 4 is 22.0 Å². The molecule has 2 rings (SSSR count). The molecule has 1 aromatic carbocycles. The lowest BCUT2D eigenvalue weighted by Crippen LogP contribution is -2.22. The molecule has 0 aliphatic carbocycles. The average Bonchev–Trinajstić information content (AvgIpc) is 2.59. The van der Waals surface area contributed by atoms with Crippen LogP contribution < -0.4 is 0 Å². The van der Waals surface area contributed by atoms with E-state index in [1.807, 2.05) is 12.1 Å². The lowest BCUT2D eigenvalue weighted by Gasteiger charge is -2.08. The van der Waals surface area contributed by atoms with Gasteiger partial charge < -0.3 is 10.2 Å². The Morgan fingerprint density at radius 2 is 2.00 bits per heavy atom. The second-order valence-electron chi connectivity index (χ2n) is 3.51. The summed E-state index contributed by atoms with van der Waals surface area (Å²) < 4.78 is 0.830. The van der Waals surface area contributed by atoms with Crippen molar-refractivity contribution in [1.29, 1.82) is 0 Å². The van der Waals surface area contributed by atoms with Crippen molar-refractivity contribution in [3.05, 3.63) is 33.3 Å². The minimum absolute atomic E-state index is 0.0407. The third-order valence-electron chi connectivity index (χ3n) is 2.53. The summed E-state index contributed by atoms with van der Waals surface area (Å²) >= 11 is 3.34. The van der Waals surface area contributed by atoms with Gasteiger partial charge in [-0.2, -0.15) is 0 Å². The maximum atomic E-state index is 10.8. The van der Waals surface area contributed by atoms with Crippen molar-refractivity contribution in [3.63, 3.8) is 0 Å². The largest absolute Gasteiger partial charge is 0.465 e. The van der Waals surface area contributed by atoms with Crippen molar-refractivity contribution in [2.75, 3.05) is 0 Å². The van der Waals surface area contributed by atoms with Crippen LogP contribution in [0.15, 0.2) is 16.6 Å². The molecule has 1 heterocycles. The first kappa shape index (κ1) is 10.4. The van der Waals surface area contributed by atoms with E-state index in [4.69, 9.17) is 10.2 Å². The highest BCUT2D eigenvalue weighted by molar-refractivity contribution is 9.10. The van der Waals surface area contributed by atoms with Crippen LogP contribution in [0.5, 0.6) is 0 Å². The van der Waals surface area contributed by atoms with Crippen LogP contribution in [0.1, 0.15) is 16.7 Å². The molecule has 0 aromatic heterocycles. The second-order valence-corrected chi connectivity index (χ2v) is 4.36. The molecule has 80 valence electrons. The van der Waals surface area contributed by atoms with Crippen LogP contribution in [0.4, 0.5) is 4.79 Å². The van der Waals surface area contributed by atoms with Gasteiger partial charge in [0.2, 0.25) is 0 Å². The standard InChI is InChI=1S/C10H10BrNO3/c11-9-2-7-4-12(10(14)15)3-6(7)1-8(9)5-13/h1-2,13H,3-5H2,(H,14,15). The van der Waals surface area contributed by atoms with Gasteiger partial charge in [-0.15, -0.1) is 0 Å². The van der Waals surface area contributed by atoms with E-state index in [-0.39, 0.29) is 6.61 Å². The van der Waals surface area contributed by atoms with Gasteiger partial charge in [0.25, 0.3) is 0 Å². The van der Waals surface area contributed by atoms with Crippen LogP contribution in [-0.4, -0.2) is 21.2 Å². The van der Waals surface area contributed by atoms with Crippen molar-refractivity contribution in [1.82, 2.24) is 4.90 Å². The first-order valence-electron chi connectivity index (χ1n) is 4.50. The van der Waals surface area contributed by atoms with Crippen LogP contribution in [-0.2, 0) is 19.7 Å². The van der Waals surface area contributed by atoms with Gasteiger partial charge in [0.05, 0.1) is 6.61 Å². The SMILES string of the molecule is O=C(O)N1Cc2cc(Br)c(CO)cc2C1. The number of aliphatic hydroxyl groups excluding tert-OH is 1. The lowest BCUT2D eigenvalue weighted by atomic mass is 10.1. The van der Waals surface area contributed by atoms with E-state index >= 15 is 0 Å². The number of halogens is 1. The number of rotatable bonds is 1. The monoisotopic (exact) mass is 271 g/mol. The fourth-order valence-electron chi connectivity index (χ4n) is 1.73. The molecule has 1 aliphatic heterocycles. The van der Waals surface area contributed by atoms with E-state index in [0.29, 0.717) is 13.1 Å². The molecule has 0 unspecified atom stereocenters. The Morgan fingerprint density at radius 1 is 1.40 bits per heavy atom. The molecule has 5 heteroatoms. The molecule has 4 nitrogen and oxygen atoms in total. The van der Waals surface area contributed by atoms with Crippen molar-refractivity contribution in [2.24, 2.45) is 0 Å². The number of hydrogen-bond acceptors (Lipinski definition) is 2. The first-order chi connectivity index (χ1) is 7.11. The summed E-state index contributed by atoms with van der Waals surface area (Å²) in [5.74, 6) is 0. The molecule has 2 N–H and O–H groups in total. The number of amides is 1. The zero-order chi connectivity index (χ0) is 11.0. The Labute approximate surface area is 95.3 Å². The summed E-state index contributed by atoms with van der Waals surface area (Å²) in [6, 6.07) is 3.73. The molecule has 1 aromatic rings. The molecular weight excluding hydrogens is 262 g/mol. The van der Waals surface area contributed by atoms with Gasteiger partial charge in [-0.1, -0.05) is 22.0 Å². The highest BCUT2D eigenvalue weighted by Crippen LogP contribution is 2.29. The molecule has 0 bridgehead atoms. The quantitative estimate of drug-likeness (QED) is 0.821. The number of nitrogens with zero attached hydrogens (tertiary/aromatic N) is 1. The van der Waals surface area contributed by atoms with Crippen LogP contribution in [0.2, 0.25) is 0 Å². The van der Waals surface area contributed by atoms with Crippen LogP contribution in [0, 0.1) is 0 Å². The van der Waals surface area contributed by atoms with Crippen molar-refractivity contribution in [2.45, 2.75) is 19.7 Å². The zero-order valence-electron chi connectivity index (χ0n) is 7.90. The van der Waals surface area contributed by atoms with Crippen molar-refractivity contribution in [3.8, 4) is 0 Å². The molecule has 1 aliphatic rings. The van der Waals surface area contributed by atoms with Crippen LogP contribution in [0.25, 0.3) is 0 Å². The Morgan fingerprint density at radius 3 is 2.53 bits per heavy atom. The maximum absolute atomic E-state index is 10.8. The fourth-order valence-corrected chi connectivity index (χ4v) is 2.24. The van der Waals surface area contributed by atoms with Gasteiger partial charge in [0, 0.05) is 17.6 Å². The van der Waals surface area contributed by atoms with E-state index in [0.717, 1.165) is 21.2 Å². The van der Waals surface area contributed by atoms with Gasteiger partial charge in [0.15, 0.2) is 0 Å². The molecule has 0 atom stereocenters. The number of fused-ring (bicyclic) bond motifs is 1. The third kappa shape index (κ3) is 1.85. The molecule has 0 fully saturated rings. The summed E-state index contributed by atoms with van der Waals surface area (Å²) in [6.07, 6.45) is -0.909. The van der Waals surface area contributed by atoms with Crippen LogP contribution in [0.3, 0.4) is 0 Å². The molecule has 0 saturated heterocycles. The predicted molar refractivity (Wildman–Crippen MR) is 57.3 cm³/mol. The Kier molecular flexibility index (Phi) is 2.67. The molecule has 0 spiro atoms. The fraction of sp³-hybridized carbons (Fsp3) is 0.300. The Hall–Kier alpha value is -1.07. The van der Waals surface area contributed by atoms with E-state index in [1.54, 1.807) is 0 Å². The molecule has 15 heavy (non-hydrogen) atoms. The average molecular weight is 272 g/mol. The number of aliphatic hydroxyl groups is 1. The molecular formula is C10H10BrNO3. The first-order valence-corrected chi connectivity index (χ1v) is 5.30. The van der Waals surface area contributed by atoms with Gasteiger partial charge >= 0.3 is 6.09 Å². The Bertz CT molecular complexity index is 419. The summed E-state index contributed by atoms with van der Waals surface area (Å²) in [6.45, 7) is 0.793. The van der Waals surface area contributed by atoms with Crippen molar-refractivity contribution < 1.29 is 15.0 Å². The summed E-state index contributed by atoms with van der Waals surface area (Å²) in [5, 5.41) is 17.9. The molecule has 1 amide bonds. The maximum Gasteiger partial charge on any atom is 0.407 e. The number of hydrogen-bond donors (Lipinski definition) is 2. The van der Waals surface area contributed by atoms with Crippen LogP contribution >= 0.6 is 15.9 Å². The van der Waals surface area contributed by atoms with Gasteiger partial charge in [-0.25, -0.2) is 4.79 Å². The zero-order valence-corrected chi connectivity index (χ0v) is 9.49. The summed E-state index contributed by atoms with van der Waals surface area (Å²) in [5.41, 5.74) is 2.77. The molecule has 0 saturated carbocycles. The second kappa shape index (κ2) is 3.83. The Balaban J connectivity index is 2.35. The smallest absolute Gasteiger partial charge is 0.407 e. The van der Waals surface area contributed by atoms with E-state index in [1.165, 1.54) is 4.90 Å². The van der Waals surface area contributed by atoms with E-state index in [9.17, 15) is 4.79 Å². The summed E-state index contributed by atoms with van der Waals surface area (Å²) in [7, 11) is 0. The predicted octanol–water partition coefficient (Wildman–Crippen LogP) is 1.94. The van der Waals surface area contributed by atoms with Gasteiger partial charge in [0.1, 0.15) is 0 Å². The van der Waals surface area contributed by atoms with Gasteiger partial charge in [-0.05, 0) is 22.8 Å². The van der Waals surface area contributed by atoms with E-state index in [2.05, 4.69) is 15.9 Å². The molecule has 0 radical (unpaired) electrons. The third-order valence-corrected chi connectivity index (χ3v) is 3.27. The normalized spacial score (nSPS) is 14.1. The van der Waals surface area contributed by atoms with E-state index < -0.39 is 6.09 Å². The highest BCUT2D eigenvalue weighted by Gasteiger charge is 2.23. The minimum Gasteiger partial charge on any atom is -0.465 e.